The molecule has 0 aliphatic rings. The van der Waals surface area contributed by atoms with Crippen LogP contribution in [-0.4, -0.2) is 24.5 Å². The summed E-state index contributed by atoms with van der Waals surface area (Å²) in [7, 11) is 0. The van der Waals surface area contributed by atoms with Gasteiger partial charge >= 0.3 is 0 Å². The quantitative estimate of drug-likeness (QED) is 0.224. The monoisotopic (exact) mass is 539 g/mol. The Morgan fingerprint density at radius 3 is 2.00 bits per heavy atom. The van der Waals surface area contributed by atoms with Gasteiger partial charge in [-0.15, -0.1) is 0 Å². The first kappa shape index (κ1) is 22.9. The van der Waals surface area contributed by atoms with Crippen molar-refractivity contribution in [3.8, 4) is 28.7 Å². The number of rotatable bonds is 3. The van der Waals surface area contributed by atoms with Crippen molar-refractivity contribution in [2.45, 2.75) is 0 Å². The summed E-state index contributed by atoms with van der Waals surface area (Å²) in [6.07, 6.45) is 3.73. The van der Waals surface area contributed by atoms with Gasteiger partial charge in [0.2, 0.25) is 5.95 Å². The van der Waals surface area contributed by atoms with E-state index in [1.807, 2.05) is 91.3 Å². The highest BCUT2D eigenvalue weighted by Gasteiger charge is 2.22. The molecule has 6 heteroatoms. The molecule has 0 aliphatic carbocycles. The zero-order chi connectivity index (χ0) is 27.6. The molecular formula is C36H21N5O. The summed E-state index contributed by atoms with van der Waals surface area (Å²) in [4.78, 5) is 19.5. The smallest absolute Gasteiger partial charge is 0.238 e. The maximum Gasteiger partial charge on any atom is 0.238 e. The Hall–Kier alpha value is -5.88. The Balaban J connectivity index is 1.44. The molecule has 0 saturated heterocycles. The van der Waals surface area contributed by atoms with Crippen molar-refractivity contribution in [1.82, 2.24) is 24.5 Å². The van der Waals surface area contributed by atoms with Gasteiger partial charge in [-0.3, -0.25) is 9.55 Å². The molecule has 0 fully saturated rings. The van der Waals surface area contributed by atoms with E-state index in [9.17, 15) is 0 Å². The Kier molecular flexibility index (Phi) is 4.80. The van der Waals surface area contributed by atoms with Crippen molar-refractivity contribution < 1.29 is 4.42 Å². The molecule has 0 saturated carbocycles. The van der Waals surface area contributed by atoms with Crippen LogP contribution in [-0.2, 0) is 0 Å². The van der Waals surface area contributed by atoms with Crippen molar-refractivity contribution in [2.75, 3.05) is 0 Å². The van der Waals surface area contributed by atoms with Crippen molar-refractivity contribution in [3.63, 3.8) is 0 Å². The summed E-state index contributed by atoms with van der Waals surface area (Å²) in [5.41, 5.74) is 5.37. The van der Waals surface area contributed by atoms with E-state index in [0.29, 0.717) is 17.6 Å². The van der Waals surface area contributed by atoms with Crippen LogP contribution in [0.25, 0.3) is 83.2 Å². The minimum absolute atomic E-state index is 0.536. The second kappa shape index (κ2) is 8.81. The van der Waals surface area contributed by atoms with E-state index < -0.39 is 0 Å². The molecule has 0 N–H and O–H groups in total. The third kappa shape index (κ3) is 3.32. The Morgan fingerprint density at radius 2 is 1.24 bits per heavy atom. The lowest BCUT2D eigenvalue weighted by Crippen LogP contribution is -2.06. The fraction of sp³-hybridized carbons (Fsp3) is 0. The molecule has 4 heterocycles. The minimum atomic E-state index is 0.536. The van der Waals surface area contributed by atoms with Crippen LogP contribution in [0.4, 0.5) is 0 Å². The minimum Gasteiger partial charge on any atom is -0.454 e. The van der Waals surface area contributed by atoms with Crippen molar-refractivity contribution in [2.24, 2.45) is 0 Å². The van der Waals surface area contributed by atoms with Crippen molar-refractivity contribution >= 4 is 54.5 Å². The van der Waals surface area contributed by atoms with Gasteiger partial charge in [0.1, 0.15) is 11.1 Å². The number of aromatic nitrogens is 5. The summed E-state index contributed by atoms with van der Waals surface area (Å²) >= 11 is 0. The predicted molar refractivity (Wildman–Crippen MR) is 168 cm³/mol. The average molecular weight is 540 g/mol. The summed E-state index contributed by atoms with van der Waals surface area (Å²) < 4.78 is 8.80. The maximum absolute atomic E-state index is 6.68. The molecule has 0 unspecified atom stereocenters. The third-order valence-electron chi connectivity index (χ3n) is 7.94. The van der Waals surface area contributed by atoms with Crippen LogP contribution >= 0.6 is 0 Å². The molecule has 6 nitrogen and oxygen atoms in total. The molecule has 4 aromatic heterocycles. The molecule has 9 aromatic rings. The fourth-order valence-electron chi connectivity index (χ4n) is 6.05. The first-order valence-electron chi connectivity index (χ1n) is 13.8. The lowest BCUT2D eigenvalue weighted by Gasteiger charge is -2.11. The van der Waals surface area contributed by atoms with Gasteiger partial charge in [-0.2, -0.15) is 9.97 Å². The van der Waals surface area contributed by atoms with Gasteiger partial charge in [0.25, 0.3) is 0 Å². The highest BCUT2D eigenvalue weighted by atomic mass is 16.3. The number of nitrogens with zero attached hydrogens (tertiary/aromatic N) is 5. The average Bonchev–Trinajstić information content (AvgIpc) is 3.62. The highest BCUT2D eigenvalue weighted by Crippen LogP contribution is 2.41. The van der Waals surface area contributed by atoms with E-state index in [0.717, 1.165) is 65.6 Å². The van der Waals surface area contributed by atoms with Gasteiger partial charge < -0.3 is 4.42 Å². The van der Waals surface area contributed by atoms with E-state index in [-0.39, 0.29) is 0 Å². The number of hydrogen-bond donors (Lipinski definition) is 0. The Labute approximate surface area is 239 Å². The number of furan rings is 1. The van der Waals surface area contributed by atoms with Crippen molar-refractivity contribution in [3.05, 3.63) is 128 Å². The number of hydrogen-bond acceptors (Lipinski definition) is 5. The molecular weight excluding hydrogens is 518 g/mol. The molecule has 5 aromatic carbocycles. The number of fused-ring (bicyclic) bond motifs is 9. The van der Waals surface area contributed by atoms with E-state index in [1.165, 1.54) is 0 Å². The largest absolute Gasteiger partial charge is 0.454 e. The van der Waals surface area contributed by atoms with Crippen LogP contribution in [0.15, 0.2) is 132 Å². The van der Waals surface area contributed by atoms with Gasteiger partial charge in [-0.05, 0) is 29.7 Å². The summed E-state index contributed by atoms with van der Waals surface area (Å²) in [5, 5.41) is 6.44. The molecule has 0 bridgehead atoms. The van der Waals surface area contributed by atoms with Gasteiger partial charge in [-0.1, -0.05) is 91.0 Å². The summed E-state index contributed by atoms with van der Waals surface area (Å²) in [6, 6.07) is 38.9. The van der Waals surface area contributed by atoms with E-state index in [1.54, 1.807) is 0 Å². The number of para-hydroxylation sites is 1. The van der Waals surface area contributed by atoms with Crippen LogP contribution in [0.1, 0.15) is 0 Å². The Morgan fingerprint density at radius 1 is 0.548 bits per heavy atom. The van der Waals surface area contributed by atoms with Gasteiger partial charge in [0, 0.05) is 50.5 Å². The molecule has 42 heavy (non-hydrogen) atoms. The molecule has 0 spiro atoms. The first-order valence-corrected chi connectivity index (χ1v) is 13.8. The Bertz CT molecular complexity index is 2400. The normalized spacial score (nSPS) is 11.8. The molecule has 196 valence electrons. The molecule has 0 atom stereocenters. The lowest BCUT2D eigenvalue weighted by atomic mass is 10.0. The molecule has 0 aliphatic heterocycles. The van der Waals surface area contributed by atoms with Gasteiger partial charge in [0.15, 0.2) is 17.2 Å². The standard InChI is InChI=1S/C36H21N5O/c1-3-9-23(10-4-1)34-38-35(24-11-5-2-6-12-24)40-36(39-34)41-29-14-8-7-13-25(29)26-16-17-27-31-28-21-37-20-19-22(28)15-18-30(31)42-33(27)32(26)41/h1-21H. The first-order chi connectivity index (χ1) is 20.8. The molecule has 0 amide bonds. The zero-order valence-corrected chi connectivity index (χ0v) is 22.3. The van der Waals surface area contributed by atoms with Crippen LogP contribution in [0, 0.1) is 0 Å². The van der Waals surface area contributed by atoms with Crippen molar-refractivity contribution in [1.29, 1.82) is 0 Å². The number of benzene rings is 5. The predicted octanol–water partition coefficient (Wildman–Crippen LogP) is 8.75. The SMILES string of the molecule is c1ccc(-c2nc(-c3ccccc3)nc(-n3c4ccccc4c4ccc5c(oc6ccc7ccncc7c65)c43)n2)cc1. The topological polar surface area (TPSA) is 69.6 Å². The third-order valence-corrected chi connectivity index (χ3v) is 7.94. The maximum atomic E-state index is 6.68. The van der Waals surface area contributed by atoms with E-state index in [4.69, 9.17) is 19.4 Å². The second-order valence-corrected chi connectivity index (χ2v) is 10.3. The van der Waals surface area contributed by atoms with E-state index >= 15 is 0 Å². The molecule has 0 radical (unpaired) electrons. The number of pyridine rings is 1. The summed E-state index contributed by atoms with van der Waals surface area (Å²) in [6.45, 7) is 0. The van der Waals surface area contributed by atoms with Crippen LogP contribution in [0.2, 0.25) is 0 Å². The van der Waals surface area contributed by atoms with Gasteiger partial charge in [0.05, 0.1) is 5.52 Å². The van der Waals surface area contributed by atoms with Gasteiger partial charge in [-0.25, -0.2) is 4.98 Å². The van der Waals surface area contributed by atoms with Crippen LogP contribution < -0.4 is 0 Å². The fourth-order valence-corrected chi connectivity index (χ4v) is 6.05. The van der Waals surface area contributed by atoms with Crippen LogP contribution in [0.3, 0.4) is 0 Å². The van der Waals surface area contributed by atoms with E-state index in [2.05, 4.69) is 45.9 Å². The summed E-state index contributed by atoms with van der Waals surface area (Å²) in [5.74, 6) is 1.76. The zero-order valence-electron chi connectivity index (χ0n) is 22.3. The second-order valence-electron chi connectivity index (χ2n) is 10.3. The van der Waals surface area contributed by atoms with Crippen LogP contribution in [0.5, 0.6) is 0 Å². The highest BCUT2D eigenvalue weighted by molar-refractivity contribution is 6.25. The molecule has 9 rings (SSSR count). The lowest BCUT2D eigenvalue weighted by molar-refractivity contribution is 0.671.